The predicted octanol–water partition coefficient (Wildman–Crippen LogP) is 3.03. The Morgan fingerprint density at radius 3 is 2.78 bits per heavy atom. The average Bonchev–Trinajstić information content (AvgIpc) is 3.05. The molecule has 1 heterocycles. The van der Waals surface area contributed by atoms with Gasteiger partial charge in [0.2, 0.25) is 0 Å². The van der Waals surface area contributed by atoms with Gasteiger partial charge in [-0.25, -0.2) is 0 Å². The summed E-state index contributed by atoms with van der Waals surface area (Å²) in [6, 6.07) is 0.651. The normalized spacial score (nSPS) is 24.6. The van der Waals surface area contributed by atoms with E-state index in [-0.39, 0.29) is 0 Å². The van der Waals surface area contributed by atoms with E-state index in [1.165, 1.54) is 24.8 Å². The molecule has 2 rings (SSSR count). The lowest BCUT2D eigenvalue weighted by Gasteiger charge is -2.20. The zero-order chi connectivity index (χ0) is 13.0. The van der Waals surface area contributed by atoms with Crippen molar-refractivity contribution in [2.45, 2.75) is 32.2 Å². The van der Waals surface area contributed by atoms with E-state index >= 15 is 0 Å². The molecule has 3 heteroatoms. The van der Waals surface area contributed by atoms with Crippen LogP contribution in [0.15, 0.2) is 36.5 Å². The van der Waals surface area contributed by atoms with Gasteiger partial charge in [0.25, 0.3) is 0 Å². The van der Waals surface area contributed by atoms with Crippen molar-refractivity contribution in [3.63, 3.8) is 0 Å². The van der Waals surface area contributed by atoms with E-state index in [0.29, 0.717) is 12.0 Å². The van der Waals surface area contributed by atoms with Crippen LogP contribution in [0.5, 0.6) is 0 Å². The van der Waals surface area contributed by atoms with E-state index < -0.39 is 0 Å². The number of rotatable bonds is 4. The molecule has 0 spiro atoms. The minimum absolute atomic E-state index is 0.602. The van der Waals surface area contributed by atoms with Crippen LogP contribution in [0.25, 0.3) is 0 Å². The quantitative estimate of drug-likeness (QED) is 0.619. The van der Waals surface area contributed by atoms with Gasteiger partial charge < -0.3 is 10.2 Å². The molecule has 1 saturated carbocycles. The fourth-order valence-electron chi connectivity index (χ4n) is 2.36. The number of hydrogen-bond acceptors (Lipinski definition) is 1. The molecule has 1 unspecified atom stereocenters. The summed E-state index contributed by atoms with van der Waals surface area (Å²) in [6.45, 7) is 7.94. The molecular weight excluding hydrogens is 240 g/mol. The minimum Gasteiger partial charge on any atom is -0.360 e. The number of hydrogen-bond donors (Lipinski definition) is 1. The maximum Gasteiger partial charge on any atom is 0.169 e. The average molecular weight is 262 g/mol. The Bertz CT molecular complexity index is 380. The van der Waals surface area contributed by atoms with Crippen LogP contribution in [0.2, 0.25) is 0 Å². The van der Waals surface area contributed by atoms with Crippen molar-refractivity contribution in [1.82, 2.24) is 10.2 Å². The molecule has 0 aromatic carbocycles. The summed E-state index contributed by atoms with van der Waals surface area (Å²) < 4.78 is 0. The molecule has 0 aromatic heterocycles. The van der Waals surface area contributed by atoms with Gasteiger partial charge in [-0.05, 0) is 44.0 Å². The number of nitrogens with one attached hydrogen (secondary N) is 1. The first kappa shape index (κ1) is 13.3. The third kappa shape index (κ3) is 3.45. The highest BCUT2D eigenvalue weighted by Crippen LogP contribution is 2.26. The molecule has 1 saturated heterocycles. The first-order valence-corrected chi connectivity index (χ1v) is 7.16. The van der Waals surface area contributed by atoms with Gasteiger partial charge in [-0.15, -0.1) is 0 Å². The third-order valence-corrected chi connectivity index (χ3v) is 3.99. The maximum atomic E-state index is 5.45. The number of allylic oxidation sites excluding steroid dienone is 4. The van der Waals surface area contributed by atoms with Gasteiger partial charge in [-0.3, -0.25) is 0 Å². The van der Waals surface area contributed by atoms with Crippen LogP contribution in [-0.4, -0.2) is 29.1 Å². The Morgan fingerprint density at radius 2 is 2.17 bits per heavy atom. The van der Waals surface area contributed by atoms with Crippen LogP contribution in [0.4, 0.5) is 0 Å². The molecule has 1 aliphatic heterocycles. The van der Waals surface area contributed by atoms with Crippen molar-refractivity contribution in [2.75, 3.05) is 13.1 Å². The summed E-state index contributed by atoms with van der Waals surface area (Å²) >= 11 is 5.45. The van der Waals surface area contributed by atoms with Gasteiger partial charge in [0.15, 0.2) is 5.11 Å². The van der Waals surface area contributed by atoms with Crippen molar-refractivity contribution in [2.24, 2.45) is 5.92 Å². The molecule has 2 fully saturated rings. The zero-order valence-electron chi connectivity index (χ0n) is 11.1. The molecule has 1 N–H and O–H groups in total. The highest BCUT2D eigenvalue weighted by Gasteiger charge is 2.29. The van der Waals surface area contributed by atoms with Gasteiger partial charge >= 0.3 is 0 Å². The number of nitrogens with zero attached hydrogens (tertiary/aromatic N) is 1. The molecule has 0 bridgehead atoms. The molecule has 1 atom stereocenters. The topological polar surface area (TPSA) is 15.3 Å². The lowest BCUT2D eigenvalue weighted by Crippen LogP contribution is -2.39. The van der Waals surface area contributed by atoms with Gasteiger partial charge in [-0.2, -0.15) is 0 Å². The van der Waals surface area contributed by atoms with E-state index in [4.69, 9.17) is 12.2 Å². The third-order valence-electron chi connectivity index (χ3n) is 3.61. The zero-order valence-corrected chi connectivity index (χ0v) is 11.9. The molecule has 0 amide bonds. The maximum absolute atomic E-state index is 5.45. The summed E-state index contributed by atoms with van der Waals surface area (Å²) in [5.41, 5.74) is 1.40. The first-order valence-electron chi connectivity index (χ1n) is 6.75. The van der Waals surface area contributed by atoms with E-state index in [1.807, 2.05) is 12.2 Å². The first-order chi connectivity index (χ1) is 8.74. The minimum atomic E-state index is 0.602. The highest BCUT2D eigenvalue weighted by atomic mass is 32.1. The lowest BCUT2D eigenvalue weighted by molar-refractivity contribution is 0.490. The number of thiocarbonyl (C=S) groups is 1. The fourth-order valence-corrected chi connectivity index (χ4v) is 2.69. The molecule has 1 aliphatic carbocycles. The van der Waals surface area contributed by atoms with Crippen LogP contribution in [0.1, 0.15) is 26.2 Å². The van der Waals surface area contributed by atoms with E-state index in [9.17, 15) is 0 Å². The Kier molecular flexibility index (Phi) is 4.59. The molecule has 2 nitrogen and oxygen atoms in total. The predicted molar refractivity (Wildman–Crippen MR) is 81.5 cm³/mol. The van der Waals surface area contributed by atoms with Crippen LogP contribution in [0, 0.1) is 5.92 Å². The van der Waals surface area contributed by atoms with Crippen molar-refractivity contribution in [3.8, 4) is 0 Å². The Labute approximate surface area is 115 Å². The standard InChI is InChI=1S/C15H22N2S/c1-3-5-6-12(4-2)13-9-10-17(11-13)15(18)16-14-7-8-14/h3-6,13-14H,1,7-11H2,2H3,(H,16,18)/b6-5-,12-4+. The summed E-state index contributed by atoms with van der Waals surface area (Å²) in [5.74, 6) is 0.602. The van der Waals surface area contributed by atoms with Gasteiger partial charge in [-0.1, -0.05) is 30.9 Å². The second-order valence-corrected chi connectivity index (χ2v) is 5.43. The fraction of sp³-hybridized carbons (Fsp3) is 0.533. The second kappa shape index (κ2) is 6.19. The molecule has 0 aromatic rings. The molecule has 2 aliphatic rings. The molecule has 98 valence electrons. The number of likely N-dealkylation sites (tertiary alicyclic amines) is 1. The largest absolute Gasteiger partial charge is 0.360 e. The molecular formula is C15H22N2S. The summed E-state index contributed by atoms with van der Waals surface area (Å²) in [6.07, 6.45) is 11.9. The van der Waals surface area contributed by atoms with Gasteiger partial charge in [0, 0.05) is 25.0 Å². The van der Waals surface area contributed by atoms with Crippen LogP contribution in [-0.2, 0) is 0 Å². The second-order valence-electron chi connectivity index (χ2n) is 5.04. The Hall–Kier alpha value is -1.09. The summed E-state index contributed by atoms with van der Waals surface area (Å²) in [7, 11) is 0. The van der Waals surface area contributed by atoms with E-state index in [0.717, 1.165) is 18.2 Å². The molecule has 18 heavy (non-hydrogen) atoms. The van der Waals surface area contributed by atoms with E-state index in [1.54, 1.807) is 0 Å². The lowest BCUT2D eigenvalue weighted by atomic mass is 9.97. The monoisotopic (exact) mass is 262 g/mol. The van der Waals surface area contributed by atoms with Crippen molar-refractivity contribution >= 4 is 17.3 Å². The van der Waals surface area contributed by atoms with Crippen molar-refractivity contribution in [1.29, 1.82) is 0 Å². The molecule has 0 radical (unpaired) electrons. The van der Waals surface area contributed by atoms with Crippen molar-refractivity contribution < 1.29 is 0 Å². The van der Waals surface area contributed by atoms with Crippen LogP contribution >= 0.6 is 12.2 Å². The Balaban J connectivity index is 1.88. The van der Waals surface area contributed by atoms with Crippen molar-refractivity contribution in [3.05, 3.63) is 36.5 Å². The summed E-state index contributed by atoms with van der Waals surface area (Å²) in [5, 5.41) is 4.37. The summed E-state index contributed by atoms with van der Waals surface area (Å²) in [4.78, 5) is 2.31. The van der Waals surface area contributed by atoms with Crippen LogP contribution in [0.3, 0.4) is 0 Å². The van der Waals surface area contributed by atoms with Gasteiger partial charge in [0.05, 0.1) is 0 Å². The highest BCUT2D eigenvalue weighted by molar-refractivity contribution is 7.80. The van der Waals surface area contributed by atoms with Gasteiger partial charge in [0.1, 0.15) is 0 Å². The smallest absolute Gasteiger partial charge is 0.169 e. The van der Waals surface area contributed by atoms with E-state index in [2.05, 4.69) is 35.9 Å². The SMILES string of the molecule is C=C/C=C\C(=C/C)C1CCN(C(=S)NC2CC2)C1. The Morgan fingerprint density at radius 1 is 1.39 bits per heavy atom. The van der Waals surface area contributed by atoms with Crippen LogP contribution < -0.4 is 5.32 Å².